The monoisotopic (exact) mass is 230 g/mol. The van der Waals surface area contributed by atoms with Gasteiger partial charge in [0.05, 0.1) is 13.5 Å². The van der Waals surface area contributed by atoms with Gasteiger partial charge in [0, 0.05) is 0 Å². The predicted molar refractivity (Wildman–Crippen MR) is 67.2 cm³/mol. The maximum Gasteiger partial charge on any atom is 0.305 e. The summed E-state index contributed by atoms with van der Waals surface area (Å²) in [7, 11) is 1.41. The molecule has 0 amide bonds. The molecule has 0 aliphatic heterocycles. The second-order valence-electron chi connectivity index (χ2n) is 3.78. The van der Waals surface area contributed by atoms with E-state index in [0.717, 1.165) is 11.3 Å². The molecule has 0 saturated heterocycles. The van der Waals surface area contributed by atoms with E-state index in [-0.39, 0.29) is 5.97 Å². The first-order valence-corrected chi connectivity index (χ1v) is 6.20. The van der Waals surface area contributed by atoms with Gasteiger partial charge in [-0.3, -0.25) is 4.79 Å². The van der Waals surface area contributed by atoms with Crippen molar-refractivity contribution < 1.29 is 9.53 Å². The molecule has 0 bridgehead atoms. The summed E-state index contributed by atoms with van der Waals surface area (Å²) in [6, 6.07) is 0. The summed E-state index contributed by atoms with van der Waals surface area (Å²) in [4.78, 5) is 11.9. The Morgan fingerprint density at radius 3 is 2.33 bits per heavy atom. The third-order valence-corrected chi connectivity index (χ3v) is 2.80. The van der Waals surface area contributed by atoms with Crippen LogP contribution in [0, 0.1) is 0 Å². The highest BCUT2D eigenvalue weighted by molar-refractivity contribution is 7.80. The number of esters is 1. The first-order chi connectivity index (χ1) is 7.20. The van der Waals surface area contributed by atoms with Crippen LogP contribution in [0.25, 0.3) is 0 Å². The Balaban J connectivity index is 3.30. The number of hydrogen-bond acceptors (Lipinski definition) is 3. The zero-order valence-corrected chi connectivity index (χ0v) is 10.7. The number of hydrogen-bond donors (Lipinski definition) is 0. The molecule has 0 fully saturated rings. The number of rotatable bonds is 9. The number of thiocarbonyl (C=S) groups is 1. The number of carbonyl (C=O) groups is 1. The SMILES string of the molecule is CCCCCCCC(=S)CCC(=O)OC. The van der Waals surface area contributed by atoms with Crippen LogP contribution in [0.5, 0.6) is 0 Å². The molecule has 0 unspecified atom stereocenters. The second-order valence-corrected chi connectivity index (χ2v) is 4.36. The molecule has 2 nitrogen and oxygen atoms in total. The minimum absolute atomic E-state index is 0.164. The number of unbranched alkanes of at least 4 members (excludes halogenated alkanes) is 4. The van der Waals surface area contributed by atoms with Gasteiger partial charge in [0.15, 0.2) is 0 Å². The van der Waals surface area contributed by atoms with Gasteiger partial charge in [-0.15, -0.1) is 0 Å². The number of carbonyl (C=O) groups excluding carboxylic acids is 1. The molecular weight excluding hydrogens is 208 g/mol. The zero-order valence-electron chi connectivity index (χ0n) is 9.88. The first kappa shape index (κ1) is 14.6. The van der Waals surface area contributed by atoms with Crippen molar-refractivity contribution >= 4 is 23.1 Å². The summed E-state index contributed by atoms with van der Waals surface area (Å²) in [5.74, 6) is -0.164. The third kappa shape index (κ3) is 9.85. The molecule has 0 aromatic heterocycles. The van der Waals surface area contributed by atoms with Crippen LogP contribution in [0.15, 0.2) is 0 Å². The lowest BCUT2D eigenvalue weighted by Gasteiger charge is -2.03. The smallest absolute Gasteiger partial charge is 0.305 e. The Morgan fingerprint density at radius 2 is 1.73 bits per heavy atom. The summed E-state index contributed by atoms with van der Waals surface area (Å²) < 4.78 is 4.56. The lowest BCUT2D eigenvalue weighted by Crippen LogP contribution is -2.04. The molecule has 0 rings (SSSR count). The quantitative estimate of drug-likeness (QED) is 0.343. The maximum absolute atomic E-state index is 10.8. The molecule has 0 aromatic carbocycles. The molecule has 0 heterocycles. The molecule has 0 aromatic rings. The second kappa shape index (κ2) is 10.1. The summed E-state index contributed by atoms with van der Waals surface area (Å²) in [5.41, 5.74) is 0. The van der Waals surface area contributed by atoms with E-state index >= 15 is 0 Å². The van der Waals surface area contributed by atoms with Crippen LogP contribution in [0.2, 0.25) is 0 Å². The molecule has 0 N–H and O–H groups in total. The largest absolute Gasteiger partial charge is 0.469 e. The molecule has 0 saturated carbocycles. The highest BCUT2D eigenvalue weighted by atomic mass is 32.1. The molecule has 0 spiro atoms. The fourth-order valence-corrected chi connectivity index (χ4v) is 1.64. The van der Waals surface area contributed by atoms with Gasteiger partial charge < -0.3 is 4.74 Å². The lowest BCUT2D eigenvalue weighted by atomic mass is 10.1. The van der Waals surface area contributed by atoms with Crippen LogP contribution < -0.4 is 0 Å². The number of ether oxygens (including phenoxy) is 1. The molecule has 88 valence electrons. The van der Waals surface area contributed by atoms with Gasteiger partial charge in [-0.05, 0) is 24.1 Å². The molecule has 0 atom stereocenters. The van der Waals surface area contributed by atoms with E-state index in [2.05, 4.69) is 11.7 Å². The standard InChI is InChI=1S/C12H22O2S/c1-3-4-5-6-7-8-11(15)9-10-12(13)14-2/h3-10H2,1-2H3. The Bertz CT molecular complexity index is 190. The average molecular weight is 230 g/mol. The van der Waals surface area contributed by atoms with Crippen LogP contribution in [0.4, 0.5) is 0 Å². The van der Waals surface area contributed by atoms with Crippen molar-refractivity contribution in [3.05, 3.63) is 0 Å². The highest BCUT2D eigenvalue weighted by Gasteiger charge is 2.03. The molecule has 15 heavy (non-hydrogen) atoms. The van der Waals surface area contributed by atoms with Gasteiger partial charge in [0.25, 0.3) is 0 Å². The van der Waals surface area contributed by atoms with Crippen LogP contribution in [0.3, 0.4) is 0 Å². The fourth-order valence-electron chi connectivity index (χ4n) is 1.39. The van der Waals surface area contributed by atoms with Gasteiger partial charge in [-0.1, -0.05) is 44.8 Å². The molecule has 0 aliphatic rings. The van der Waals surface area contributed by atoms with Crippen molar-refractivity contribution in [3.8, 4) is 0 Å². The van der Waals surface area contributed by atoms with Crippen LogP contribution in [-0.2, 0) is 9.53 Å². The van der Waals surface area contributed by atoms with Crippen LogP contribution in [-0.4, -0.2) is 17.9 Å². The van der Waals surface area contributed by atoms with Gasteiger partial charge in [0.1, 0.15) is 0 Å². The lowest BCUT2D eigenvalue weighted by molar-refractivity contribution is -0.140. The van der Waals surface area contributed by atoms with Gasteiger partial charge >= 0.3 is 5.97 Å². The van der Waals surface area contributed by atoms with Crippen LogP contribution >= 0.6 is 12.2 Å². The maximum atomic E-state index is 10.8. The topological polar surface area (TPSA) is 26.3 Å². The van der Waals surface area contributed by atoms with Crippen molar-refractivity contribution in [2.24, 2.45) is 0 Å². The van der Waals surface area contributed by atoms with Crippen molar-refractivity contribution in [1.29, 1.82) is 0 Å². The summed E-state index contributed by atoms with van der Waals surface area (Å²) in [6.07, 6.45) is 8.43. The predicted octanol–water partition coefficient (Wildman–Crippen LogP) is 3.67. The minimum Gasteiger partial charge on any atom is -0.469 e. The molecule has 0 aliphatic carbocycles. The van der Waals surface area contributed by atoms with Crippen molar-refractivity contribution in [3.63, 3.8) is 0 Å². The average Bonchev–Trinajstić information content (AvgIpc) is 2.25. The van der Waals surface area contributed by atoms with E-state index in [0.29, 0.717) is 12.8 Å². The van der Waals surface area contributed by atoms with E-state index in [9.17, 15) is 4.79 Å². The molecular formula is C12H22O2S. The van der Waals surface area contributed by atoms with Crippen molar-refractivity contribution in [2.75, 3.05) is 7.11 Å². The van der Waals surface area contributed by atoms with Gasteiger partial charge in [-0.25, -0.2) is 0 Å². The zero-order chi connectivity index (χ0) is 11.5. The van der Waals surface area contributed by atoms with E-state index in [4.69, 9.17) is 12.2 Å². The Kier molecular flexibility index (Phi) is 9.79. The van der Waals surface area contributed by atoms with Crippen molar-refractivity contribution in [1.82, 2.24) is 0 Å². The Hall–Kier alpha value is -0.440. The third-order valence-electron chi connectivity index (χ3n) is 2.39. The van der Waals surface area contributed by atoms with E-state index in [1.165, 1.54) is 39.2 Å². The summed E-state index contributed by atoms with van der Waals surface area (Å²) in [6.45, 7) is 2.21. The number of methoxy groups -OCH3 is 1. The normalized spacial score (nSPS) is 10.0. The summed E-state index contributed by atoms with van der Waals surface area (Å²) in [5, 5.41) is 0. The van der Waals surface area contributed by atoms with Crippen molar-refractivity contribution in [2.45, 2.75) is 58.3 Å². The summed E-state index contributed by atoms with van der Waals surface area (Å²) >= 11 is 5.19. The first-order valence-electron chi connectivity index (χ1n) is 5.79. The van der Waals surface area contributed by atoms with Gasteiger partial charge in [0.2, 0.25) is 0 Å². The van der Waals surface area contributed by atoms with E-state index < -0.39 is 0 Å². The van der Waals surface area contributed by atoms with E-state index in [1.807, 2.05) is 0 Å². The Morgan fingerprint density at radius 1 is 1.07 bits per heavy atom. The molecule has 0 radical (unpaired) electrons. The van der Waals surface area contributed by atoms with Crippen LogP contribution in [0.1, 0.15) is 58.3 Å². The molecule has 3 heteroatoms. The fraction of sp³-hybridized carbons (Fsp3) is 0.833. The van der Waals surface area contributed by atoms with Gasteiger partial charge in [-0.2, -0.15) is 0 Å². The highest BCUT2D eigenvalue weighted by Crippen LogP contribution is 2.08. The Labute approximate surface area is 98.4 Å². The van der Waals surface area contributed by atoms with E-state index in [1.54, 1.807) is 0 Å². The minimum atomic E-state index is -0.164.